The number of rotatable bonds is 3. The Labute approximate surface area is 81.2 Å². The van der Waals surface area contributed by atoms with Gasteiger partial charge in [0.15, 0.2) is 5.78 Å². The molecule has 1 fully saturated rings. The van der Waals surface area contributed by atoms with E-state index in [2.05, 4.69) is 27.4 Å². The molecule has 0 radical (unpaired) electrons. The van der Waals surface area contributed by atoms with Gasteiger partial charge in [-0.2, -0.15) is 0 Å². The van der Waals surface area contributed by atoms with Crippen LogP contribution in [-0.4, -0.2) is 5.78 Å². The molecule has 1 rings (SSSR count). The molecule has 2 atom stereocenters. The number of Topliss-reactive ketones (excluding diaryl/α,β-unsaturated/α-hetero) is 1. The fourth-order valence-corrected chi connectivity index (χ4v) is 2.55. The molecular formula is C12H20O. The van der Waals surface area contributed by atoms with Crippen molar-refractivity contribution in [2.75, 3.05) is 0 Å². The summed E-state index contributed by atoms with van der Waals surface area (Å²) in [6.45, 7) is 12.2. The van der Waals surface area contributed by atoms with Crippen molar-refractivity contribution < 1.29 is 4.79 Å². The Morgan fingerprint density at radius 3 is 2.38 bits per heavy atom. The second-order valence-electron chi connectivity index (χ2n) is 4.80. The monoisotopic (exact) mass is 180 g/mol. The third-order valence-electron chi connectivity index (χ3n) is 3.84. The van der Waals surface area contributed by atoms with E-state index in [1.807, 2.05) is 0 Å². The molecule has 0 aromatic carbocycles. The zero-order chi connectivity index (χ0) is 10.2. The number of carbonyl (C=O) groups is 1. The summed E-state index contributed by atoms with van der Waals surface area (Å²) in [6, 6.07) is 0. The molecule has 0 saturated heterocycles. The highest BCUT2D eigenvalue weighted by molar-refractivity contribution is 5.93. The Morgan fingerprint density at radius 1 is 1.54 bits per heavy atom. The fraction of sp³-hybridized carbons (Fsp3) is 0.750. The first-order chi connectivity index (χ1) is 5.91. The highest BCUT2D eigenvalue weighted by Gasteiger charge is 2.48. The fourth-order valence-electron chi connectivity index (χ4n) is 2.55. The first-order valence-electron chi connectivity index (χ1n) is 5.11. The molecule has 1 aliphatic carbocycles. The molecule has 1 heteroatoms. The van der Waals surface area contributed by atoms with Crippen LogP contribution in [0.4, 0.5) is 0 Å². The standard InChI is InChI=1S/C12H20O/c1-6-10-7-11(12(10,4)5)8(2)9(3)13/h10-11H,2,6-7H2,1,3-5H3. The second-order valence-corrected chi connectivity index (χ2v) is 4.80. The molecule has 0 aliphatic heterocycles. The highest BCUT2D eigenvalue weighted by atomic mass is 16.1. The topological polar surface area (TPSA) is 17.1 Å². The molecule has 13 heavy (non-hydrogen) atoms. The van der Waals surface area contributed by atoms with Crippen molar-refractivity contribution >= 4 is 5.78 Å². The number of hydrogen-bond donors (Lipinski definition) is 0. The van der Waals surface area contributed by atoms with Gasteiger partial charge in [-0.3, -0.25) is 4.79 Å². The SMILES string of the molecule is C=C(C(C)=O)C1CC(CC)C1(C)C. The van der Waals surface area contributed by atoms with Gasteiger partial charge in [-0.15, -0.1) is 0 Å². The van der Waals surface area contributed by atoms with Crippen LogP contribution in [0.3, 0.4) is 0 Å². The van der Waals surface area contributed by atoms with Gasteiger partial charge in [-0.1, -0.05) is 33.8 Å². The predicted molar refractivity (Wildman–Crippen MR) is 55.5 cm³/mol. The largest absolute Gasteiger partial charge is 0.295 e. The first-order valence-corrected chi connectivity index (χ1v) is 5.11. The third kappa shape index (κ3) is 1.56. The predicted octanol–water partition coefficient (Wildman–Crippen LogP) is 3.20. The van der Waals surface area contributed by atoms with E-state index in [1.54, 1.807) is 6.92 Å². The minimum atomic E-state index is 0.160. The van der Waals surface area contributed by atoms with Crippen LogP contribution in [0.5, 0.6) is 0 Å². The lowest BCUT2D eigenvalue weighted by molar-refractivity contribution is -0.116. The average Bonchev–Trinajstić information content (AvgIpc) is 2.03. The van der Waals surface area contributed by atoms with E-state index < -0.39 is 0 Å². The quantitative estimate of drug-likeness (QED) is 0.609. The van der Waals surface area contributed by atoms with Crippen molar-refractivity contribution in [3.63, 3.8) is 0 Å². The first kappa shape index (κ1) is 10.5. The molecule has 0 aromatic rings. The van der Waals surface area contributed by atoms with Gasteiger partial charge in [0.1, 0.15) is 0 Å². The van der Waals surface area contributed by atoms with E-state index in [4.69, 9.17) is 0 Å². The van der Waals surface area contributed by atoms with E-state index >= 15 is 0 Å². The summed E-state index contributed by atoms with van der Waals surface area (Å²) in [5, 5.41) is 0. The molecule has 74 valence electrons. The van der Waals surface area contributed by atoms with E-state index in [-0.39, 0.29) is 11.2 Å². The van der Waals surface area contributed by atoms with E-state index in [0.717, 1.165) is 17.9 Å². The Hall–Kier alpha value is -0.590. The molecule has 0 aromatic heterocycles. The average molecular weight is 180 g/mol. The van der Waals surface area contributed by atoms with Crippen molar-refractivity contribution in [1.82, 2.24) is 0 Å². The Kier molecular flexibility index (Phi) is 2.65. The summed E-state index contributed by atoms with van der Waals surface area (Å²) in [7, 11) is 0. The molecule has 2 unspecified atom stereocenters. The van der Waals surface area contributed by atoms with Gasteiger partial charge in [-0.25, -0.2) is 0 Å². The van der Waals surface area contributed by atoms with Crippen molar-refractivity contribution in [3.05, 3.63) is 12.2 Å². The smallest absolute Gasteiger partial charge is 0.155 e. The lowest BCUT2D eigenvalue weighted by atomic mass is 9.52. The Balaban J connectivity index is 2.68. The lowest BCUT2D eigenvalue weighted by Gasteiger charge is -2.52. The molecule has 0 amide bonds. The number of hydrogen-bond acceptors (Lipinski definition) is 1. The van der Waals surface area contributed by atoms with Crippen LogP contribution in [0, 0.1) is 17.3 Å². The zero-order valence-corrected chi connectivity index (χ0v) is 9.18. The van der Waals surface area contributed by atoms with Crippen molar-refractivity contribution in [2.45, 2.75) is 40.5 Å². The molecule has 1 nitrogen and oxygen atoms in total. The second kappa shape index (κ2) is 3.28. The van der Waals surface area contributed by atoms with Gasteiger partial charge in [0, 0.05) is 0 Å². The van der Waals surface area contributed by atoms with Crippen LogP contribution < -0.4 is 0 Å². The number of ketones is 1. The maximum absolute atomic E-state index is 11.2. The molecular weight excluding hydrogens is 160 g/mol. The summed E-state index contributed by atoms with van der Waals surface area (Å²) in [4.78, 5) is 11.2. The van der Waals surface area contributed by atoms with Gasteiger partial charge < -0.3 is 0 Å². The van der Waals surface area contributed by atoms with Gasteiger partial charge in [0.25, 0.3) is 0 Å². The van der Waals surface area contributed by atoms with Crippen LogP contribution in [0.25, 0.3) is 0 Å². The summed E-state index contributed by atoms with van der Waals surface area (Å²) in [6.07, 6.45) is 2.37. The molecule has 0 N–H and O–H groups in total. The van der Waals surface area contributed by atoms with E-state index in [1.165, 1.54) is 6.42 Å². The minimum absolute atomic E-state index is 0.160. The van der Waals surface area contributed by atoms with Gasteiger partial charge in [-0.05, 0) is 36.2 Å². The Bertz CT molecular complexity index is 238. The van der Waals surface area contributed by atoms with Crippen molar-refractivity contribution in [1.29, 1.82) is 0 Å². The van der Waals surface area contributed by atoms with Crippen LogP contribution in [0.15, 0.2) is 12.2 Å². The van der Waals surface area contributed by atoms with Gasteiger partial charge in [0.2, 0.25) is 0 Å². The zero-order valence-electron chi connectivity index (χ0n) is 9.18. The van der Waals surface area contributed by atoms with Crippen molar-refractivity contribution in [2.24, 2.45) is 17.3 Å². The number of carbonyl (C=O) groups excluding carboxylic acids is 1. The van der Waals surface area contributed by atoms with Crippen LogP contribution >= 0.6 is 0 Å². The van der Waals surface area contributed by atoms with Crippen LogP contribution in [0.1, 0.15) is 40.5 Å². The third-order valence-corrected chi connectivity index (χ3v) is 3.84. The maximum atomic E-state index is 11.2. The molecule has 1 saturated carbocycles. The van der Waals surface area contributed by atoms with Gasteiger partial charge in [0.05, 0.1) is 0 Å². The van der Waals surface area contributed by atoms with Crippen molar-refractivity contribution in [3.8, 4) is 0 Å². The van der Waals surface area contributed by atoms with Crippen LogP contribution in [0.2, 0.25) is 0 Å². The normalized spacial score (nSPS) is 30.8. The summed E-state index contributed by atoms with van der Waals surface area (Å²) < 4.78 is 0. The highest BCUT2D eigenvalue weighted by Crippen LogP contribution is 2.55. The summed E-state index contributed by atoms with van der Waals surface area (Å²) >= 11 is 0. The van der Waals surface area contributed by atoms with Gasteiger partial charge >= 0.3 is 0 Å². The Morgan fingerprint density at radius 2 is 2.08 bits per heavy atom. The number of allylic oxidation sites excluding steroid dienone is 1. The van der Waals surface area contributed by atoms with Crippen LogP contribution in [-0.2, 0) is 4.79 Å². The maximum Gasteiger partial charge on any atom is 0.155 e. The van der Waals surface area contributed by atoms with E-state index in [9.17, 15) is 4.79 Å². The minimum Gasteiger partial charge on any atom is -0.295 e. The molecule has 0 bridgehead atoms. The molecule has 0 heterocycles. The molecule has 1 aliphatic rings. The summed E-state index contributed by atoms with van der Waals surface area (Å²) in [5.74, 6) is 1.36. The van der Waals surface area contributed by atoms with E-state index in [0.29, 0.717) is 5.92 Å². The summed E-state index contributed by atoms with van der Waals surface area (Å²) in [5.41, 5.74) is 1.12. The lowest BCUT2D eigenvalue weighted by Crippen LogP contribution is -2.46. The molecule has 0 spiro atoms.